The number of amides is 2. The summed E-state index contributed by atoms with van der Waals surface area (Å²) in [6, 6.07) is 17.4. The monoisotopic (exact) mass is 465 g/mol. The van der Waals surface area contributed by atoms with Crippen LogP contribution in [0.15, 0.2) is 77.9 Å². The smallest absolute Gasteiger partial charge is 0.262 e. The molecule has 3 aromatic carbocycles. The van der Waals surface area contributed by atoms with E-state index in [2.05, 4.69) is 15.8 Å². The van der Waals surface area contributed by atoms with E-state index in [1.807, 2.05) is 0 Å². The minimum atomic E-state index is -0.822. The van der Waals surface area contributed by atoms with Crippen molar-refractivity contribution >= 4 is 18.0 Å². The Labute approximate surface area is 196 Å². The summed E-state index contributed by atoms with van der Waals surface area (Å²) in [7, 11) is 0. The van der Waals surface area contributed by atoms with Crippen LogP contribution in [-0.4, -0.2) is 24.1 Å². The Balaban J connectivity index is 1.52. The summed E-state index contributed by atoms with van der Waals surface area (Å²) in [4.78, 5) is 24.9. The van der Waals surface area contributed by atoms with Crippen molar-refractivity contribution in [3.05, 3.63) is 101 Å². The van der Waals surface area contributed by atoms with Gasteiger partial charge in [0.15, 0.2) is 0 Å². The van der Waals surface area contributed by atoms with Crippen LogP contribution in [0.1, 0.15) is 35.3 Å². The summed E-state index contributed by atoms with van der Waals surface area (Å²) in [6.07, 6.45) is 1.47. The Morgan fingerprint density at radius 1 is 0.912 bits per heavy atom. The van der Waals surface area contributed by atoms with Gasteiger partial charge in [-0.15, -0.1) is 0 Å². The molecule has 0 aliphatic rings. The zero-order valence-electron chi connectivity index (χ0n) is 18.8. The van der Waals surface area contributed by atoms with Gasteiger partial charge in [0.1, 0.15) is 30.0 Å². The molecule has 3 aromatic rings. The summed E-state index contributed by atoms with van der Waals surface area (Å²) >= 11 is 0. The van der Waals surface area contributed by atoms with E-state index >= 15 is 0 Å². The summed E-state index contributed by atoms with van der Waals surface area (Å²) in [5.74, 6) is -1.26. The summed E-state index contributed by atoms with van der Waals surface area (Å²) in [6.45, 7) is 3.90. The highest BCUT2D eigenvalue weighted by atomic mass is 19.1. The fraction of sp³-hybridized carbons (Fsp3) is 0.192. The number of halogens is 2. The van der Waals surface area contributed by atoms with Crippen molar-refractivity contribution in [3.8, 4) is 5.75 Å². The number of rotatable bonds is 9. The van der Waals surface area contributed by atoms with Crippen LogP contribution in [0.3, 0.4) is 0 Å². The van der Waals surface area contributed by atoms with E-state index < -0.39 is 23.7 Å². The fourth-order valence-electron chi connectivity index (χ4n) is 3.00. The lowest BCUT2D eigenvalue weighted by Crippen LogP contribution is -2.48. The molecule has 1 atom stereocenters. The first-order chi connectivity index (χ1) is 16.3. The van der Waals surface area contributed by atoms with Gasteiger partial charge >= 0.3 is 0 Å². The van der Waals surface area contributed by atoms with Gasteiger partial charge < -0.3 is 10.1 Å². The SMILES string of the molecule is CC(C)C(NC(=O)c1ccc(F)cc1)C(=O)N/N=C/c1ccc(OCc2ccc(F)cc2)cc1. The number of benzene rings is 3. The van der Waals surface area contributed by atoms with Crippen molar-refractivity contribution in [1.82, 2.24) is 10.7 Å². The number of carbonyl (C=O) groups excluding carboxylic acids is 2. The topological polar surface area (TPSA) is 79.8 Å². The molecule has 0 fully saturated rings. The maximum absolute atomic E-state index is 13.1. The molecule has 0 aliphatic heterocycles. The molecule has 6 nitrogen and oxygen atoms in total. The van der Waals surface area contributed by atoms with E-state index in [0.717, 1.165) is 11.1 Å². The largest absolute Gasteiger partial charge is 0.489 e. The first-order valence-corrected chi connectivity index (χ1v) is 10.7. The molecule has 0 spiro atoms. The lowest BCUT2D eigenvalue weighted by atomic mass is 10.0. The third-order valence-electron chi connectivity index (χ3n) is 4.93. The van der Waals surface area contributed by atoms with Crippen LogP contribution < -0.4 is 15.5 Å². The van der Waals surface area contributed by atoms with E-state index in [4.69, 9.17) is 4.74 Å². The third kappa shape index (κ3) is 7.23. The normalized spacial score (nSPS) is 11.9. The van der Waals surface area contributed by atoms with Gasteiger partial charge in [-0.25, -0.2) is 14.2 Å². The second-order valence-corrected chi connectivity index (χ2v) is 7.92. The lowest BCUT2D eigenvalue weighted by Gasteiger charge is -2.20. The molecule has 0 saturated carbocycles. The minimum absolute atomic E-state index is 0.197. The van der Waals surface area contributed by atoms with Gasteiger partial charge in [-0.3, -0.25) is 9.59 Å². The van der Waals surface area contributed by atoms with Gasteiger partial charge in [0.25, 0.3) is 11.8 Å². The van der Waals surface area contributed by atoms with Crippen LogP contribution >= 0.6 is 0 Å². The molecule has 0 aromatic heterocycles. The molecule has 1 unspecified atom stereocenters. The molecule has 176 valence electrons. The molecular formula is C26H25F2N3O3. The van der Waals surface area contributed by atoms with Crippen molar-refractivity contribution in [2.75, 3.05) is 0 Å². The maximum atomic E-state index is 13.1. The van der Waals surface area contributed by atoms with Crippen LogP contribution in [0.25, 0.3) is 0 Å². The molecular weight excluding hydrogens is 440 g/mol. The average Bonchev–Trinajstić information content (AvgIpc) is 2.83. The molecule has 0 aliphatic carbocycles. The third-order valence-corrected chi connectivity index (χ3v) is 4.93. The van der Waals surface area contributed by atoms with E-state index in [1.165, 1.54) is 42.6 Å². The Kier molecular flexibility index (Phi) is 8.45. The number of hydrazone groups is 1. The maximum Gasteiger partial charge on any atom is 0.262 e. The molecule has 0 heterocycles. The highest BCUT2D eigenvalue weighted by molar-refractivity contribution is 5.97. The molecule has 3 rings (SSSR count). The Morgan fingerprint density at radius 3 is 2.09 bits per heavy atom. The van der Waals surface area contributed by atoms with Gasteiger partial charge in [-0.1, -0.05) is 26.0 Å². The zero-order valence-corrected chi connectivity index (χ0v) is 18.8. The van der Waals surface area contributed by atoms with Crippen LogP contribution in [0.2, 0.25) is 0 Å². The fourth-order valence-corrected chi connectivity index (χ4v) is 3.00. The molecule has 2 N–H and O–H groups in total. The van der Waals surface area contributed by atoms with Gasteiger partial charge in [-0.2, -0.15) is 5.10 Å². The Morgan fingerprint density at radius 2 is 1.50 bits per heavy atom. The molecule has 0 saturated heterocycles. The predicted molar refractivity (Wildman–Crippen MR) is 125 cm³/mol. The quantitative estimate of drug-likeness (QED) is 0.362. The van der Waals surface area contributed by atoms with E-state index in [1.54, 1.807) is 50.2 Å². The molecule has 0 radical (unpaired) electrons. The van der Waals surface area contributed by atoms with Gasteiger partial charge in [0.2, 0.25) is 0 Å². The first kappa shape index (κ1) is 24.6. The van der Waals surface area contributed by atoms with Crippen molar-refractivity contribution in [3.63, 3.8) is 0 Å². The summed E-state index contributed by atoms with van der Waals surface area (Å²) < 4.78 is 31.7. The number of ether oxygens (including phenoxy) is 1. The van der Waals surface area contributed by atoms with E-state index in [9.17, 15) is 18.4 Å². The van der Waals surface area contributed by atoms with E-state index in [0.29, 0.717) is 12.4 Å². The van der Waals surface area contributed by atoms with Crippen LogP contribution in [0.4, 0.5) is 8.78 Å². The van der Waals surface area contributed by atoms with E-state index in [-0.39, 0.29) is 17.3 Å². The summed E-state index contributed by atoms with van der Waals surface area (Å²) in [5.41, 5.74) is 4.27. The minimum Gasteiger partial charge on any atom is -0.489 e. The van der Waals surface area contributed by atoms with Crippen LogP contribution in [0, 0.1) is 17.6 Å². The van der Waals surface area contributed by atoms with Gasteiger partial charge in [0.05, 0.1) is 6.21 Å². The number of hydrogen-bond donors (Lipinski definition) is 2. The Bertz CT molecular complexity index is 1130. The van der Waals surface area contributed by atoms with Crippen molar-refractivity contribution in [2.45, 2.75) is 26.5 Å². The molecule has 34 heavy (non-hydrogen) atoms. The standard InChI is InChI=1S/C26H25F2N3O3/c1-17(2)24(30-25(32)20-7-11-22(28)12-8-20)26(33)31-29-15-18-5-13-23(14-6-18)34-16-19-3-9-21(27)10-4-19/h3-15,17,24H,16H2,1-2H3,(H,30,32)(H,31,33)/b29-15+. The number of carbonyl (C=O) groups is 2. The lowest BCUT2D eigenvalue weighted by molar-refractivity contribution is -0.123. The van der Waals surface area contributed by atoms with Crippen LogP contribution in [-0.2, 0) is 11.4 Å². The van der Waals surface area contributed by atoms with Gasteiger partial charge in [0, 0.05) is 5.56 Å². The zero-order chi connectivity index (χ0) is 24.5. The molecule has 0 bridgehead atoms. The number of nitrogens with one attached hydrogen (secondary N) is 2. The average molecular weight is 466 g/mol. The van der Waals surface area contributed by atoms with Crippen molar-refractivity contribution in [1.29, 1.82) is 0 Å². The van der Waals surface area contributed by atoms with Crippen molar-refractivity contribution < 1.29 is 23.1 Å². The first-order valence-electron chi connectivity index (χ1n) is 10.7. The highest BCUT2D eigenvalue weighted by Crippen LogP contribution is 2.14. The number of nitrogens with zero attached hydrogens (tertiary/aromatic N) is 1. The number of hydrogen-bond acceptors (Lipinski definition) is 4. The molecule has 8 heteroatoms. The second-order valence-electron chi connectivity index (χ2n) is 7.92. The Hall–Kier alpha value is -4.07. The highest BCUT2D eigenvalue weighted by Gasteiger charge is 2.24. The predicted octanol–water partition coefficient (Wildman–Crippen LogP) is 4.45. The van der Waals surface area contributed by atoms with Crippen LogP contribution in [0.5, 0.6) is 5.75 Å². The second kappa shape index (κ2) is 11.7. The van der Waals surface area contributed by atoms with Crippen molar-refractivity contribution in [2.24, 2.45) is 11.0 Å². The summed E-state index contributed by atoms with van der Waals surface area (Å²) in [5, 5.41) is 6.62. The molecule has 2 amide bonds. The van der Waals surface area contributed by atoms with Gasteiger partial charge in [-0.05, 0) is 77.7 Å².